The third kappa shape index (κ3) is 5.43. The number of nitrogens with one attached hydrogen (secondary N) is 2. The zero-order valence-electron chi connectivity index (χ0n) is 19.2. The molecule has 3 aromatic rings. The van der Waals surface area contributed by atoms with Gasteiger partial charge in [-0.15, -0.1) is 11.3 Å². The van der Waals surface area contributed by atoms with Crippen molar-refractivity contribution in [1.29, 1.82) is 0 Å². The van der Waals surface area contributed by atoms with Gasteiger partial charge in [0.25, 0.3) is 0 Å². The van der Waals surface area contributed by atoms with Crippen LogP contribution >= 0.6 is 11.3 Å². The van der Waals surface area contributed by atoms with E-state index in [1.807, 2.05) is 30.5 Å². The first-order valence-electron chi connectivity index (χ1n) is 11.0. The number of nitrogens with zero attached hydrogens (tertiary/aromatic N) is 3. The van der Waals surface area contributed by atoms with Gasteiger partial charge in [-0.1, -0.05) is 32.0 Å². The van der Waals surface area contributed by atoms with Gasteiger partial charge in [-0.2, -0.15) is 0 Å². The minimum atomic E-state index is -0.298. The molecule has 0 spiro atoms. The van der Waals surface area contributed by atoms with Gasteiger partial charge in [-0.05, 0) is 35.7 Å². The number of aromatic nitrogens is 2. The Morgan fingerprint density at radius 3 is 2.64 bits per heavy atom. The summed E-state index contributed by atoms with van der Waals surface area (Å²) in [5, 5.41) is 6.25. The van der Waals surface area contributed by atoms with Crippen LogP contribution in [0.2, 0.25) is 0 Å². The Bertz CT molecular complexity index is 1080. The monoisotopic (exact) mass is 466 g/mol. The van der Waals surface area contributed by atoms with E-state index in [1.165, 1.54) is 11.3 Å². The average molecular weight is 467 g/mol. The van der Waals surface area contributed by atoms with Gasteiger partial charge < -0.3 is 20.7 Å². The molecule has 1 aliphatic heterocycles. The van der Waals surface area contributed by atoms with Crippen molar-refractivity contribution in [1.82, 2.24) is 15.3 Å². The largest absolute Gasteiger partial charge is 0.497 e. The number of rotatable bonds is 7. The predicted octanol–water partition coefficient (Wildman–Crippen LogP) is 3.73. The van der Waals surface area contributed by atoms with Crippen LogP contribution in [-0.2, 0) is 12.0 Å². The fraction of sp³-hybridized carbons (Fsp3) is 0.375. The van der Waals surface area contributed by atoms with E-state index in [0.29, 0.717) is 11.7 Å². The summed E-state index contributed by atoms with van der Waals surface area (Å²) in [6, 6.07) is 11.9. The van der Waals surface area contributed by atoms with Crippen molar-refractivity contribution < 1.29 is 9.53 Å². The molecular formula is C24H30N6O2S. The molecule has 1 atom stereocenters. The van der Waals surface area contributed by atoms with E-state index in [1.54, 1.807) is 13.3 Å². The maximum atomic E-state index is 12.4. The first kappa shape index (κ1) is 23.0. The van der Waals surface area contributed by atoms with Crippen LogP contribution in [0.5, 0.6) is 5.75 Å². The molecular weight excluding hydrogens is 436 g/mol. The molecule has 33 heavy (non-hydrogen) atoms. The number of ether oxygens (including phenoxy) is 1. The van der Waals surface area contributed by atoms with Crippen LogP contribution in [0.25, 0.3) is 0 Å². The first-order valence-corrected chi connectivity index (χ1v) is 11.8. The highest BCUT2D eigenvalue weighted by Crippen LogP contribution is 2.37. The second kappa shape index (κ2) is 9.76. The Hall–Kier alpha value is -3.17. The minimum absolute atomic E-state index is 0.213. The van der Waals surface area contributed by atoms with Gasteiger partial charge in [0.15, 0.2) is 5.13 Å². The molecule has 4 rings (SSSR count). The van der Waals surface area contributed by atoms with E-state index in [-0.39, 0.29) is 17.5 Å². The fourth-order valence-corrected chi connectivity index (χ4v) is 4.73. The van der Waals surface area contributed by atoms with Crippen LogP contribution in [0.4, 0.5) is 15.7 Å². The molecule has 8 nitrogen and oxygen atoms in total. The predicted molar refractivity (Wildman–Crippen MR) is 132 cm³/mol. The van der Waals surface area contributed by atoms with Crippen LogP contribution in [0.3, 0.4) is 0 Å². The third-order valence-electron chi connectivity index (χ3n) is 5.96. The normalized spacial score (nSPS) is 16.0. The standard InChI is InChI=1S/C24H30N6O2S/c1-24(2,17-5-7-19(32-3)8-6-17)20-14-28-23(33-20)29-22(31)27-13-16-4-9-21(26-12-16)30-11-10-18(25)15-30/h4-9,12,14,18H,10-11,13,15,25H2,1-3H3,(H2,27,28,29,31). The van der Waals surface area contributed by atoms with E-state index in [0.717, 1.165) is 47.1 Å². The molecule has 174 valence electrons. The molecule has 0 saturated carbocycles. The molecule has 1 aromatic carbocycles. The maximum absolute atomic E-state index is 12.4. The van der Waals surface area contributed by atoms with Crippen LogP contribution in [0.1, 0.15) is 36.3 Å². The number of benzene rings is 1. The smallest absolute Gasteiger partial charge is 0.321 e. The minimum Gasteiger partial charge on any atom is -0.497 e. The average Bonchev–Trinajstić information content (AvgIpc) is 3.47. The van der Waals surface area contributed by atoms with Crippen LogP contribution in [0.15, 0.2) is 48.8 Å². The number of pyridine rings is 1. The number of methoxy groups -OCH3 is 1. The van der Waals surface area contributed by atoms with Gasteiger partial charge in [0, 0.05) is 48.4 Å². The number of hydrogen-bond donors (Lipinski definition) is 3. The van der Waals surface area contributed by atoms with Crippen molar-refractivity contribution in [2.24, 2.45) is 5.73 Å². The lowest BCUT2D eigenvalue weighted by molar-refractivity contribution is 0.251. The molecule has 0 aliphatic carbocycles. The van der Waals surface area contributed by atoms with Crippen LogP contribution < -0.4 is 26.0 Å². The van der Waals surface area contributed by atoms with Crippen molar-refractivity contribution in [2.45, 2.75) is 38.3 Å². The van der Waals surface area contributed by atoms with Gasteiger partial charge in [0.2, 0.25) is 0 Å². The van der Waals surface area contributed by atoms with Gasteiger partial charge in [-0.3, -0.25) is 5.32 Å². The van der Waals surface area contributed by atoms with Crippen molar-refractivity contribution in [2.75, 3.05) is 30.4 Å². The van der Waals surface area contributed by atoms with Crippen molar-refractivity contribution >= 4 is 28.3 Å². The Kier molecular flexibility index (Phi) is 6.80. The Morgan fingerprint density at radius 1 is 1.21 bits per heavy atom. The summed E-state index contributed by atoms with van der Waals surface area (Å²) >= 11 is 1.47. The van der Waals surface area contributed by atoms with Gasteiger partial charge in [0.05, 0.1) is 7.11 Å². The molecule has 2 aromatic heterocycles. The van der Waals surface area contributed by atoms with Gasteiger partial charge in [-0.25, -0.2) is 14.8 Å². The van der Waals surface area contributed by atoms with Gasteiger partial charge >= 0.3 is 6.03 Å². The lowest BCUT2D eigenvalue weighted by Crippen LogP contribution is -2.28. The van der Waals surface area contributed by atoms with E-state index in [9.17, 15) is 4.79 Å². The summed E-state index contributed by atoms with van der Waals surface area (Å²) in [5.74, 6) is 1.74. The maximum Gasteiger partial charge on any atom is 0.321 e. The zero-order chi connectivity index (χ0) is 23.4. The highest BCUT2D eigenvalue weighted by atomic mass is 32.1. The van der Waals surface area contributed by atoms with Gasteiger partial charge in [0.1, 0.15) is 11.6 Å². The Labute approximate surface area is 198 Å². The topological polar surface area (TPSA) is 105 Å². The lowest BCUT2D eigenvalue weighted by Gasteiger charge is -2.23. The summed E-state index contributed by atoms with van der Waals surface area (Å²) in [6.07, 6.45) is 4.59. The summed E-state index contributed by atoms with van der Waals surface area (Å²) in [4.78, 5) is 24.5. The fourth-order valence-electron chi connectivity index (χ4n) is 3.80. The van der Waals surface area contributed by atoms with Crippen molar-refractivity contribution in [3.8, 4) is 5.75 Å². The summed E-state index contributed by atoms with van der Waals surface area (Å²) < 4.78 is 5.25. The number of thiazole rings is 1. The Balaban J connectivity index is 1.31. The molecule has 4 N–H and O–H groups in total. The molecule has 0 bridgehead atoms. The number of hydrogen-bond acceptors (Lipinski definition) is 7. The highest BCUT2D eigenvalue weighted by Gasteiger charge is 2.26. The second-order valence-corrected chi connectivity index (χ2v) is 9.74. The number of amides is 2. The van der Waals surface area contributed by atoms with E-state index < -0.39 is 0 Å². The van der Waals surface area contributed by atoms with Crippen LogP contribution in [-0.4, -0.2) is 42.2 Å². The first-order chi connectivity index (χ1) is 15.8. The lowest BCUT2D eigenvalue weighted by atomic mass is 9.83. The van der Waals surface area contributed by atoms with E-state index >= 15 is 0 Å². The quantitative estimate of drug-likeness (QED) is 0.490. The molecule has 0 radical (unpaired) electrons. The van der Waals surface area contributed by atoms with Crippen molar-refractivity contribution in [3.63, 3.8) is 0 Å². The summed E-state index contributed by atoms with van der Waals surface area (Å²) in [7, 11) is 1.66. The molecule has 3 heterocycles. The number of nitrogens with two attached hydrogens (primary N) is 1. The second-order valence-electron chi connectivity index (χ2n) is 8.71. The molecule has 2 amide bonds. The molecule has 1 aliphatic rings. The Morgan fingerprint density at radius 2 is 2.00 bits per heavy atom. The third-order valence-corrected chi connectivity index (χ3v) is 7.20. The van der Waals surface area contributed by atoms with Crippen LogP contribution in [0, 0.1) is 0 Å². The number of carbonyl (C=O) groups is 1. The molecule has 1 unspecified atom stereocenters. The van der Waals surface area contributed by atoms with Crippen molar-refractivity contribution in [3.05, 3.63) is 64.8 Å². The number of urea groups is 1. The number of anilines is 2. The highest BCUT2D eigenvalue weighted by molar-refractivity contribution is 7.15. The zero-order valence-corrected chi connectivity index (χ0v) is 20.0. The number of carbonyl (C=O) groups excluding carboxylic acids is 1. The summed E-state index contributed by atoms with van der Waals surface area (Å²) in [6.45, 7) is 6.42. The SMILES string of the molecule is COc1ccc(C(C)(C)c2cnc(NC(=O)NCc3ccc(N4CCC(N)C4)nc3)s2)cc1. The molecule has 9 heteroatoms. The molecule has 1 saturated heterocycles. The van der Waals surface area contributed by atoms with E-state index in [2.05, 4.69) is 51.5 Å². The molecule has 1 fully saturated rings. The summed E-state index contributed by atoms with van der Waals surface area (Å²) in [5.41, 5.74) is 7.80. The van der Waals surface area contributed by atoms with E-state index in [4.69, 9.17) is 10.5 Å².